The summed E-state index contributed by atoms with van der Waals surface area (Å²) in [6.07, 6.45) is 10.7. The van der Waals surface area contributed by atoms with Gasteiger partial charge in [0.25, 0.3) is 6.33 Å². The van der Waals surface area contributed by atoms with E-state index in [4.69, 9.17) is 11.6 Å². The number of aryl methyl sites for hydroxylation is 2. The summed E-state index contributed by atoms with van der Waals surface area (Å²) >= 11 is 6.02. The first-order valence-electron chi connectivity index (χ1n) is 5.86. The highest BCUT2D eigenvalue weighted by atomic mass is 35.5. The van der Waals surface area contributed by atoms with Gasteiger partial charge >= 0.3 is 5.95 Å². The summed E-state index contributed by atoms with van der Waals surface area (Å²) in [6.45, 7) is 0. The quantitative estimate of drug-likeness (QED) is 0.594. The van der Waals surface area contributed by atoms with Crippen molar-refractivity contribution in [3.05, 3.63) is 42.5 Å². The van der Waals surface area contributed by atoms with E-state index in [-0.39, 0.29) is 11.0 Å². The normalized spacial score (nSPS) is 10.9. The highest BCUT2D eigenvalue weighted by molar-refractivity contribution is 6.33. The lowest BCUT2D eigenvalue weighted by Gasteiger charge is -2.09. The summed E-state index contributed by atoms with van der Waals surface area (Å²) in [5.41, 5.74) is 0. The lowest BCUT2D eigenvalue weighted by atomic mass is 10.5. The predicted molar refractivity (Wildman–Crippen MR) is 67.5 cm³/mol. The first-order valence-corrected chi connectivity index (χ1v) is 6.24. The third kappa shape index (κ3) is 2.12. The van der Waals surface area contributed by atoms with Crippen LogP contribution in [0.2, 0.25) is 5.02 Å². The Hall–Kier alpha value is -2.41. The Morgan fingerprint density at radius 1 is 1.05 bits per heavy atom. The van der Waals surface area contributed by atoms with E-state index in [0.29, 0.717) is 5.82 Å². The van der Waals surface area contributed by atoms with Gasteiger partial charge in [-0.25, -0.2) is 14.1 Å². The zero-order valence-corrected chi connectivity index (χ0v) is 11.7. The maximum atomic E-state index is 11.9. The molecule has 3 aromatic heterocycles. The molecule has 0 radical (unpaired) electrons. The first kappa shape index (κ1) is 12.6. The van der Waals surface area contributed by atoms with E-state index in [9.17, 15) is 5.11 Å². The van der Waals surface area contributed by atoms with Crippen molar-refractivity contribution in [2.45, 2.75) is 0 Å². The smallest absolute Gasteiger partial charge is 0.328 e. The molecule has 0 unspecified atom stereocenters. The molecule has 0 amide bonds. The predicted octanol–water partition coefficient (Wildman–Crippen LogP) is -0.566. The molecule has 0 bridgehead atoms. The summed E-state index contributed by atoms with van der Waals surface area (Å²) in [5, 5.41) is 11.9. The van der Waals surface area contributed by atoms with Gasteiger partial charge in [-0.1, -0.05) is 11.6 Å². The van der Waals surface area contributed by atoms with Gasteiger partial charge in [0.15, 0.2) is 0 Å². The van der Waals surface area contributed by atoms with Gasteiger partial charge in [-0.15, -0.1) is 4.98 Å². The Morgan fingerprint density at radius 3 is 2.20 bits per heavy atom. The molecule has 0 aliphatic carbocycles. The van der Waals surface area contributed by atoms with Crippen LogP contribution in [-0.2, 0) is 14.1 Å². The molecule has 20 heavy (non-hydrogen) atoms. The molecule has 0 atom stereocenters. The maximum absolute atomic E-state index is 11.9. The molecule has 0 aromatic carbocycles. The third-order valence-corrected chi connectivity index (χ3v) is 3.14. The van der Waals surface area contributed by atoms with Gasteiger partial charge in [0.1, 0.15) is 29.8 Å². The van der Waals surface area contributed by atoms with Crippen LogP contribution in [0.15, 0.2) is 37.4 Å². The van der Waals surface area contributed by atoms with Crippen LogP contribution in [0.25, 0.3) is 11.8 Å². The molecule has 8 heteroatoms. The van der Waals surface area contributed by atoms with Gasteiger partial charge in [-0.3, -0.25) is 0 Å². The lowest BCUT2D eigenvalue weighted by molar-refractivity contribution is -0.670. The minimum Gasteiger partial charge on any atom is -0.857 e. The second-order valence-corrected chi connectivity index (χ2v) is 4.82. The van der Waals surface area contributed by atoms with Crippen molar-refractivity contribution in [1.29, 1.82) is 0 Å². The molecule has 0 saturated carbocycles. The number of hydrogen-bond acceptors (Lipinski definition) is 3. The average Bonchev–Trinajstić information content (AvgIpc) is 3.01. The SMILES string of the molecule is C[n+]1ccn(-c2nc([O-])c(Cl)c(-n3cc[n+](C)c3)n2)c1. The Balaban J connectivity index is 2.17. The minimum atomic E-state index is -0.501. The van der Waals surface area contributed by atoms with Crippen molar-refractivity contribution in [3.63, 3.8) is 0 Å². The van der Waals surface area contributed by atoms with E-state index in [1.54, 1.807) is 34.2 Å². The van der Waals surface area contributed by atoms with Gasteiger partial charge in [-0.05, 0) is 0 Å². The van der Waals surface area contributed by atoms with Crippen molar-refractivity contribution >= 4 is 11.6 Å². The Morgan fingerprint density at radius 2 is 1.65 bits per heavy atom. The standard InChI is InChI=1S/C12H12ClN6O/c1-16-3-5-18(7-16)10-9(13)11(20)15-12(14-10)19-6-4-17(2)8-19/h3-8H,1-2H3/q+1. The summed E-state index contributed by atoms with van der Waals surface area (Å²) < 4.78 is 7.00. The van der Waals surface area contributed by atoms with E-state index in [1.165, 1.54) is 0 Å². The molecular weight excluding hydrogens is 280 g/mol. The van der Waals surface area contributed by atoms with Crippen LogP contribution in [-0.4, -0.2) is 19.1 Å². The highest BCUT2D eigenvalue weighted by Gasteiger charge is 2.18. The molecule has 0 fully saturated rings. The van der Waals surface area contributed by atoms with Gasteiger partial charge in [0.2, 0.25) is 12.1 Å². The molecule has 102 valence electrons. The Labute approximate surface area is 120 Å². The number of imidazole rings is 2. The van der Waals surface area contributed by atoms with Gasteiger partial charge in [-0.2, -0.15) is 9.13 Å². The molecule has 0 spiro atoms. The van der Waals surface area contributed by atoms with Crippen LogP contribution in [0.3, 0.4) is 0 Å². The van der Waals surface area contributed by atoms with E-state index in [2.05, 4.69) is 9.97 Å². The van der Waals surface area contributed by atoms with Crippen LogP contribution < -0.4 is 14.2 Å². The van der Waals surface area contributed by atoms with E-state index >= 15 is 0 Å². The third-order valence-electron chi connectivity index (χ3n) is 2.80. The zero-order chi connectivity index (χ0) is 14.3. The van der Waals surface area contributed by atoms with Gasteiger partial charge in [0.05, 0.1) is 14.1 Å². The van der Waals surface area contributed by atoms with Crippen LogP contribution in [0.1, 0.15) is 0 Å². The monoisotopic (exact) mass is 291 g/mol. The molecule has 0 aliphatic rings. The number of aromatic nitrogens is 6. The van der Waals surface area contributed by atoms with E-state index < -0.39 is 5.88 Å². The zero-order valence-electron chi connectivity index (χ0n) is 10.9. The van der Waals surface area contributed by atoms with Crippen molar-refractivity contribution in [1.82, 2.24) is 19.1 Å². The summed E-state index contributed by atoms with van der Waals surface area (Å²) in [5.74, 6) is 0.143. The second-order valence-electron chi connectivity index (χ2n) is 4.44. The minimum absolute atomic E-state index is 0.00137. The maximum Gasteiger partial charge on any atom is 0.328 e. The molecule has 0 N–H and O–H groups in total. The first-order chi connectivity index (χ1) is 9.54. The summed E-state index contributed by atoms with van der Waals surface area (Å²) in [6, 6.07) is 0. The molecule has 0 aliphatic heterocycles. The molecule has 3 rings (SSSR count). The van der Waals surface area contributed by atoms with Crippen molar-refractivity contribution in [3.8, 4) is 17.6 Å². The fraction of sp³-hybridized carbons (Fsp3) is 0.167. The van der Waals surface area contributed by atoms with E-state index in [1.807, 2.05) is 35.6 Å². The number of rotatable bonds is 2. The summed E-state index contributed by atoms with van der Waals surface area (Å²) in [7, 11) is 3.74. The van der Waals surface area contributed by atoms with Crippen LogP contribution in [0, 0.1) is 0 Å². The van der Waals surface area contributed by atoms with Crippen molar-refractivity contribution in [2.24, 2.45) is 14.1 Å². The number of hydrogen-bond donors (Lipinski definition) is 0. The van der Waals surface area contributed by atoms with Gasteiger partial charge in [0, 0.05) is 5.88 Å². The largest absolute Gasteiger partial charge is 0.857 e. The van der Waals surface area contributed by atoms with Crippen molar-refractivity contribution < 1.29 is 14.2 Å². The molecule has 3 aromatic rings. The average molecular weight is 292 g/mol. The topological polar surface area (TPSA) is 66.5 Å². The van der Waals surface area contributed by atoms with Crippen LogP contribution in [0.4, 0.5) is 0 Å². The molecule has 3 heterocycles. The fourth-order valence-corrected chi connectivity index (χ4v) is 2.02. The second kappa shape index (κ2) is 4.61. The molecule has 7 nitrogen and oxygen atoms in total. The van der Waals surface area contributed by atoms with Gasteiger partial charge < -0.3 is 5.11 Å². The van der Waals surface area contributed by atoms with Crippen LogP contribution >= 0.6 is 11.6 Å². The lowest BCUT2D eigenvalue weighted by Crippen LogP contribution is -2.24. The fourth-order valence-electron chi connectivity index (χ4n) is 1.83. The Kier molecular flexibility index (Phi) is 2.90. The number of halogens is 1. The molecular formula is C12H12ClN6O+. The van der Waals surface area contributed by atoms with E-state index in [0.717, 1.165) is 0 Å². The van der Waals surface area contributed by atoms with Crippen molar-refractivity contribution in [2.75, 3.05) is 0 Å². The Bertz CT molecular complexity index is 778. The van der Waals surface area contributed by atoms with Crippen LogP contribution in [0.5, 0.6) is 5.88 Å². The summed E-state index contributed by atoms with van der Waals surface area (Å²) in [4.78, 5) is 8.24. The molecule has 0 saturated heterocycles. The highest BCUT2D eigenvalue weighted by Crippen LogP contribution is 2.25. The number of nitrogens with zero attached hydrogens (tertiary/aromatic N) is 6.